The molecule has 0 aliphatic rings. The van der Waals surface area contributed by atoms with Crippen LogP contribution in [0.1, 0.15) is 12.7 Å². The van der Waals surface area contributed by atoms with E-state index in [0.29, 0.717) is 0 Å². The van der Waals surface area contributed by atoms with Crippen molar-refractivity contribution in [1.82, 2.24) is 19.8 Å². The van der Waals surface area contributed by atoms with Crippen LogP contribution in [0, 0.1) is 6.92 Å². The van der Waals surface area contributed by atoms with Crippen molar-refractivity contribution in [1.29, 1.82) is 0 Å². The molecule has 0 fully saturated rings. The standard InChI is InChI=1S/C11H12N5S/c1-3-15-6-4-5-9(7-15)10-14-16-8(2)12-13-11(16)17-10/h4-7H,3H2,1-2H3/q+1. The summed E-state index contributed by atoms with van der Waals surface area (Å²) >= 11 is 1.56. The van der Waals surface area contributed by atoms with E-state index in [2.05, 4.69) is 45.2 Å². The molecule has 0 N–H and O–H groups in total. The molecule has 0 radical (unpaired) electrons. The maximum absolute atomic E-state index is 4.51. The Morgan fingerprint density at radius 3 is 3.06 bits per heavy atom. The first-order chi connectivity index (χ1) is 8.28. The third-order valence-electron chi connectivity index (χ3n) is 2.62. The zero-order chi connectivity index (χ0) is 11.8. The summed E-state index contributed by atoms with van der Waals surface area (Å²) in [6, 6.07) is 4.10. The first-order valence-corrected chi connectivity index (χ1v) is 6.28. The van der Waals surface area contributed by atoms with Crippen LogP contribution >= 0.6 is 11.3 Å². The van der Waals surface area contributed by atoms with Crippen molar-refractivity contribution in [2.24, 2.45) is 0 Å². The van der Waals surface area contributed by atoms with Gasteiger partial charge in [0.2, 0.25) is 4.96 Å². The lowest BCUT2D eigenvalue weighted by molar-refractivity contribution is -0.693. The van der Waals surface area contributed by atoms with E-state index < -0.39 is 0 Å². The number of fused-ring (bicyclic) bond motifs is 1. The second-order valence-electron chi connectivity index (χ2n) is 3.77. The fourth-order valence-corrected chi connectivity index (χ4v) is 2.55. The van der Waals surface area contributed by atoms with Gasteiger partial charge >= 0.3 is 0 Å². The molecule has 0 aromatic carbocycles. The van der Waals surface area contributed by atoms with Gasteiger partial charge in [-0.1, -0.05) is 11.3 Å². The van der Waals surface area contributed by atoms with Gasteiger partial charge in [0.1, 0.15) is 6.54 Å². The Hall–Kier alpha value is -1.82. The van der Waals surface area contributed by atoms with Crippen LogP contribution in [0.3, 0.4) is 0 Å². The van der Waals surface area contributed by atoms with Crippen molar-refractivity contribution in [3.8, 4) is 10.6 Å². The molecule has 5 nitrogen and oxygen atoms in total. The molecule has 3 aromatic heterocycles. The van der Waals surface area contributed by atoms with E-state index >= 15 is 0 Å². The molecular formula is C11H12N5S+. The van der Waals surface area contributed by atoms with E-state index in [9.17, 15) is 0 Å². The van der Waals surface area contributed by atoms with Crippen molar-refractivity contribution in [3.05, 3.63) is 30.4 Å². The summed E-state index contributed by atoms with van der Waals surface area (Å²) in [5.74, 6) is 0.821. The molecule has 0 saturated heterocycles. The van der Waals surface area contributed by atoms with E-state index in [0.717, 1.165) is 27.9 Å². The normalized spacial score (nSPS) is 11.2. The largest absolute Gasteiger partial charge is 0.234 e. The Morgan fingerprint density at radius 2 is 2.29 bits per heavy atom. The molecule has 0 aliphatic heterocycles. The molecule has 0 saturated carbocycles. The topological polar surface area (TPSA) is 47.0 Å². The van der Waals surface area contributed by atoms with Gasteiger partial charge < -0.3 is 0 Å². The summed E-state index contributed by atoms with van der Waals surface area (Å²) in [5.41, 5.74) is 1.12. The van der Waals surface area contributed by atoms with Crippen molar-refractivity contribution < 1.29 is 4.57 Å². The Balaban J connectivity index is 2.13. The van der Waals surface area contributed by atoms with E-state index in [-0.39, 0.29) is 0 Å². The van der Waals surface area contributed by atoms with Gasteiger partial charge in [0.25, 0.3) is 0 Å². The third kappa shape index (κ3) is 1.70. The van der Waals surface area contributed by atoms with Crippen LogP contribution in [0.4, 0.5) is 0 Å². The molecule has 0 aliphatic carbocycles. The zero-order valence-corrected chi connectivity index (χ0v) is 10.5. The van der Waals surface area contributed by atoms with Gasteiger partial charge in [-0.25, -0.2) is 4.57 Å². The molecular weight excluding hydrogens is 234 g/mol. The summed E-state index contributed by atoms with van der Waals surface area (Å²) in [6.07, 6.45) is 4.15. The Morgan fingerprint density at radius 1 is 1.41 bits per heavy atom. The zero-order valence-electron chi connectivity index (χ0n) is 9.66. The van der Waals surface area contributed by atoms with Crippen molar-refractivity contribution >= 4 is 16.3 Å². The molecule has 86 valence electrons. The SMILES string of the molecule is CC[n+]1cccc(-c2nn3c(C)nnc3s2)c1. The number of nitrogens with zero attached hydrogens (tertiary/aromatic N) is 5. The van der Waals surface area contributed by atoms with E-state index in [1.54, 1.807) is 15.9 Å². The fraction of sp³-hybridized carbons (Fsp3) is 0.273. The Labute approximate surface area is 102 Å². The molecule has 6 heteroatoms. The summed E-state index contributed by atoms with van der Waals surface area (Å²) in [7, 11) is 0. The number of rotatable bonds is 2. The first-order valence-electron chi connectivity index (χ1n) is 5.46. The molecule has 3 heterocycles. The van der Waals surface area contributed by atoms with E-state index in [1.165, 1.54) is 0 Å². The monoisotopic (exact) mass is 246 g/mol. The van der Waals surface area contributed by atoms with Crippen LogP contribution in [0.5, 0.6) is 0 Å². The van der Waals surface area contributed by atoms with Gasteiger partial charge in [-0.15, -0.1) is 10.2 Å². The molecule has 3 aromatic rings. The second-order valence-corrected chi connectivity index (χ2v) is 4.73. The molecule has 0 bridgehead atoms. The maximum atomic E-state index is 4.51. The molecule has 0 atom stereocenters. The van der Waals surface area contributed by atoms with Crippen LogP contribution < -0.4 is 4.57 Å². The van der Waals surface area contributed by atoms with E-state index in [1.807, 2.05) is 13.0 Å². The Bertz CT molecular complexity index is 669. The van der Waals surface area contributed by atoms with Crippen molar-refractivity contribution in [2.45, 2.75) is 20.4 Å². The molecule has 3 rings (SSSR count). The fourth-order valence-electron chi connectivity index (χ4n) is 1.68. The lowest BCUT2D eigenvalue weighted by Crippen LogP contribution is -2.30. The highest BCUT2D eigenvalue weighted by molar-refractivity contribution is 7.19. The van der Waals surface area contributed by atoms with Gasteiger partial charge in [-0.3, -0.25) is 0 Å². The number of hydrogen-bond donors (Lipinski definition) is 0. The lowest BCUT2D eigenvalue weighted by atomic mass is 10.3. The van der Waals surface area contributed by atoms with Crippen LogP contribution in [-0.4, -0.2) is 19.8 Å². The van der Waals surface area contributed by atoms with Gasteiger partial charge in [0.05, 0.1) is 5.56 Å². The molecule has 0 amide bonds. The third-order valence-corrected chi connectivity index (χ3v) is 3.56. The average Bonchev–Trinajstić information content (AvgIpc) is 2.92. The highest BCUT2D eigenvalue weighted by Gasteiger charge is 2.12. The lowest BCUT2D eigenvalue weighted by Gasteiger charge is -1.94. The minimum atomic E-state index is 0.821. The highest BCUT2D eigenvalue weighted by atomic mass is 32.1. The van der Waals surface area contributed by atoms with Crippen LogP contribution in [-0.2, 0) is 6.54 Å². The number of aromatic nitrogens is 5. The predicted molar refractivity (Wildman–Crippen MR) is 64.7 cm³/mol. The quantitative estimate of drug-likeness (QED) is 0.643. The summed E-state index contributed by atoms with van der Waals surface area (Å²) in [6.45, 7) is 4.98. The Kier molecular flexibility index (Phi) is 2.36. The summed E-state index contributed by atoms with van der Waals surface area (Å²) in [4.78, 5) is 0.837. The molecule has 0 unspecified atom stereocenters. The predicted octanol–water partition coefficient (Wildman–Crippen LogP) is 1.47. The minimum Gasteiger partial charge on any atom is -0.205 e. The second kappa shape index (κ2) is 3.89. The minimum absolute atomic E-state index is 0.821. The van der Waals surface area contributed by atoms with Crippen LogP contribution in [0.25, 0.3) is 15.5 Å². The summed E-state index contributed by atoms with van der Waals surface area (Å²) < 4.78 is 3.91. The van der Waals surface area contributed by atoms with E-state index in [4.69, 9.17) is 0 Å². The highest BCUT2D eigenvalue weighted by Crippen LogP contribution is 2.23. The van der Waals surface area contributed by atoms with Gasteiger partial charge in [0.15, 0.2) is 23.2 Å². The number of hydrogen-bond acceptors (Lipinski definition) is 4. The smallest absolute Gasteiger partial charge is 0.205 e. The number of pyridine rings is 1. The van der Waals surface area contributed by atoms with Gasteiger partial charge in [-0.2, -0.15) is 9.61 Å². The van der Waals surface area contributed by atoms with Gasteiger partial charge in [-0.05, 0) is 19.9 Å². The van der Waals surface area contributed by atoms with Gasteiger partial charge in [0, 0.05) is 6.07 Å². The molecule has 0 spiro atoms. The number of aryl methyl sites for hydroxylation is 2. The van der Waals surface area contributed by atoms with Crippen molar-refractivity contribution in [2.75, 3.05) is 0 Å². The summed E-state index contributed by atoms with van der Waals surface area (Å²) in [5, 5.41) is 13.5. The first kappa shape index (κ1) is 10.3. The average molecular weight is 246 g/mol. The maximum Gasteiger partial charge on any atom is 0.234 e. The van der Waals surface area contributed by atoms with Crippen LogP contribution in [0.2, 0.25) is 0 Å². The van der Waals surface area contributed by atoms with Crippen LogP contribution in [0.15, 0.2) is 24.5 Å². The molecule has 17 heavy (non-hydrogen) atoms. The van der Waals surface area contributed by atoms with Crippen molar-refractivity contribution in [3.63, 3.8) is 0 Å².